The molecule has 0 saturated carbocycles. The highest BCUT2D eigenvalue weighted by molar-refractivity contribution is 5.89. The van der Waals surface area contributed by atoms with Crippen molar-refractivity contribution in [2.45, 2.75) is 154 Å². The Kier molecular flexibility index (Phi) is 23.8. The zero-order valence-corrected chi connectivity index (χ0v) is 32.7. The number of hydrogen-bond donors (Lipinski definition) is 16. The Morgan fingerprint density at radius 2 is 0.818 bits per heavy atom. The van der Waals surface area contributed by atoms with Crippen LogP contribution >= 0.6 is 0 Å². The molecular formula is C34H66O21. The Labute approximate surface area is 319 Å². The number of aliphatic hydroxyl groups is 16. The molecule has 0 bridgehead atoms. The summed E-state index contributed by atoms with van der Waals surface area (Å²) in [7, 11) is 0. The molecule has 328 valence electrons. The minimum absolute atomic E-state index is 0.572. The molecule has 1 aliphatic heterocycles. The molecule has 0 spiro atoms. The van der Waals surface area contributed by atoms with E-state index in [4.69, 9.17) is 29.9 Å². The van der Waals surface area contributed by atoms with Crippen LogP contribution in [0.25, 0.3) is 0 Å². The van der Waals surface area contributed by atoms with Gasteiger partial charge in [-0.3, -0.25) is 14.4 Å². The van der Waals surface area contributed by atoms with Gasteiger partial charge in [0.15, 0.2) is 23.6 Å². The van der Waals surface area contributed by atoms with Crippen molar-refractivity contribution in [3.8, 4) is 0 Å². The predicted octanol–water partition coefficient (Wildman–Crippen LogP) is -6.79. The number of rotatable bonds is 16. The Hall–Kier alpha value is -1.71. The van der Waals surface area contributed by atoms with Gasteiger partial charge in [0, 0.05) is 16.2 Å². The smallest absolute Gasteiger partial charge is 0.187 e. The molecule has 0 aromatic rings. The molecule has 1 fully saturated rings. The van der Waals surface area contributed by atoms with Crippen molar-refractivity contribution in [2.24, 2.45) is 16.2 Å². The first-order valence-corrected chi connectivity index (χ1v) is 17.3. The molecule has 15 atom stereocenters. The summed E-state index contributed by atoms with van der Waals surface area (Å²) in [5.41, 5.74) is -2.62. The van der Waals surface area contributed by atoms with Crippen molar-refractivity contribution in [3.63, 3.8) is 0 Å². The number of Topliss-reactive ketones (excluding diaryl/α,β-unsaturated/α-hetero) is 3. The molecule has 1 heterocycles. The number of carbonyl (C=O) groups excluding carboxylic acids is 3. The highest BCUT2D eigenvalue weighted by atomic mass is 16.7. The predicted molar refractivity (Wildman–Crippen MR) is 187 cm³/mol. The van der Waals surface area contributed by atoms with Gasteiger partial charge in [-0.05, 0) is 0 Å². The summed E-state index contributed by atoms with van der Waals surface area (Å²) in [6.45, 7) is 11.0. The van der Waals surface area contributed by atoms with Gasteiger partial charge in [0.05, 0.1) is 26.4 Å². The minimum Gasteiger partial charge on any atom is -0.394 e. The van der Waals surface area contributed by atoms with E-state index in [1.807, 2.05) is 0 Å². The van der Waals surface area contributed by atoms with E-state index < -0.39 is 152 Å². The van der Waals surface area contributed by atoms with Gasteiger partial charge >= 0.3 is 0 Å². The van der Waals surface area contributed by atoms with Crippen LogP contribution in [0.5, 0.6) is 0 Å². The van der Waals surface area contributed by atoms with E-state index in [1.165, 1.54) is 20.8 Å². The largest absolute Gasteiger partial charge is 0.394 e. The van der Waals surface area contributed by atoms with Crippen LogP contribution < -0.4 is 0 Å². The van der Waals surface area contributed by atoms with Crippen molar-refractivity contribution >= 4 is 17.3 Å². The van der Waals surface area contributed by atoms with Crippen molar-refractivity contribution < 1.29 is 106 Å². The zero-order valence-electron chi connectivity index (χ0n) is 32.7. The van der Waals surface area contributed by atoms with Gasteiger partial charge in [0.2, 0.25) is 0 Å². The summed E-state index contributed by atoms with van der Waals surface area (Å²) < 4.78 is 10.3. The number of ketones is 3. The van der Waals surface area contributed by atoms with E-state index in [1.54, 1.807) is 41.5 Å². The van der Waals surface area contributed by atoms with Crippen molar-refractivity contribution in [2.75, 3.05) is 26.4 Å². The monoisotopic (exact) mass is 810 g/mol. The molecule has 1 rings (SSSR count). The molecule has 21 nitrogen and oxygen atoms in total. The maximum Gasteiger partial charge on any atom is 0.187 e. The third-order valence-corrected chi connectivity index (χ3v) is 8.20. The minimum atomic E-state index is -2.01. The van der Waals surface area contributed by atoms with Gasteiger partial charge in [0.1, 0.15) is 85.5 Å². The van der Waals surface area contributed by atoms with Crippen LogP contribution in [-0.4, -0.2) is 217 Å². The van der Waals surface area contributed by atoms with Gasteiger partial charge in [0.25, 0.3) is 0 Å². The standard InChI is InChI=1S/C16H30O11.2C9H18O5/c1-16(2,3)14(25)11(23)10(22)13(6(19)4-17)27-15-12(24)9(21)8(20)7(5-18)26-15;2*1-9(2,3)8(14)7(13)6(12)5(11)4-10/h6-13,15,17-24H,4-5H2,1-3H3;2*5-7,10-13H,4H2,1-3H3/t6-,7-,8+,9+,10-,11-,12-,13-,15+;5-,6+,7-;5-,6-,7+/m111/s1. The molecular weight excluding hydrogens is 744 g/mol. The molecule has 21 heteroatoms. The molecule has 0 aromatic heterocycles. The summed E-state index contributed by atoms with van der Waals surface area (Å²) in [5.74, 6) is -1.91. The van der Waals surface area contributed by atoms with Crippen LogP contribution in [0.3, 0.4) is 0 Å². The molecule has 0 unspecified atom stereocenters. The second kappa shape index (κ2) is 23.6. The number of ether oxygens (including phenoxy) is 2. The maximum atomic E-state index is 12.2. The van der Waals surface area contributed by atoms with Gasteiger partial charge in [-0.1, -0.05) is 62.3 Å². The maximum absolute atomic E-state index is 12.2. The van der Waals surface area contributed by atoms with Gasteiger partial charge in [-0.2, -0.15) is 0 Å². The molecule has 0 amide bonds. The summed E-state index contributed by atoms with van der Waals surface area (Å²) >= 11 is 0. The van der Waals surface area contributed by atoms with Crippen molar-refractivity contribution in [3.05, 3.63) is 0 Å². The van der Waals surface area contributed by atoms with Crippen LogP contribution in [0.15, 0.2) is 0 Å². The molecule has 1 aliphatic rings. The second-order valence-electron chi connectivity index (χ2n) is 16.2. The fraction of sp³-hybridized carbons (Fsp3) is 0.912. The van der Waals surface area contributed by atoms with Gasteiger partial charge < -0.3 is 91.2 Å². The lowest BCUT2D eigenvalue weighted by Crippen LogP contribution is -2.62. The number of hydrogen-bond acceptors (Lipinski definition) is 21. The first-order chi connectivity index (χ1) is 24.8. The average Bonchev–Trinajstić information content (AvgIpc) is 3.12. The summed E-state index contributed by atoms with van der Waals surface area (Å²) in [5, 5.41) is 150. The van der Waals surface area contributed by atoms with E-state index in [9.17, 15) is 75.7 Å². The fourth-order valence-corrected chi connectivity index (χ4v) is 4.45. The normalized spacial score (nSPS) is 26.2. The summed E-state index contributed by atoms with van der Waals surface area (Å²) in [6.07, 6.45) is -25.5. The molecule has 0 aromatic carbocycles. The van der Waals surface area contributed by atoms with Crippen LogP contribution in [0.2, 0.25) is 0 Å². The number of carbonyl (C=O) groups is 3. The van der Waals surface area contributed by atoms with Gasteiger partial charge in [-0.25, -0.2) is 0 Å². The molecule has 16 N–H and O–H groups in total. The van der Waals surface area contributed by atoms with E-state index in [2.05, 4.69) is 0 Å². The lowest BCUT2D eigenvalue weighted by atomic mass is 9.84. The van der Waals surface area contributed by atoms with Crippen molar-refractivity contribution in [1.82, 2.24) is 0 Å². The third-order valence-electron chi connectivity index (χ3n) is 8.20. The zero-order chi connectivity index (χ0) is 44.1. The van der Waals surface area contributed by atoms with E-state index >= 15 is 0 Å². The highest BCUT2D eigenvalue weighted by Gasteiger charge is 2.48. The Balaban J connectivity index is 0. The first kappa shape index (κ1) is 55.4. The fourth-order valence-electron chi connectivity index (χ4n) is 4.45. The molecule has 0 aliphatic carbocycles. The summed E-state index contributed by atoms with van der Waals surface area (Å²) in [4.78, 5) is 35.0. The first-order valence-electron chi connectivity index (χ1n) is 17.3. The Morgan fingerprint density at radius 1 is 0.509 bits per heavy atom. The van der Waals surface area contributed by atoms with Gasteiger partial charge in [-0.15, -0.1) is 0 Å². The topological polar surface area (TPSA) is 393 Å². The van der Waals surface area contributed by atoms with E-state index in [0.717, 1.165) is 0 Å². The molecule has 55 heavy (non-hydrogen) atoms. The molecule has 0 radical (unpaired) electrons. The quantitative estimate of drug-likeness (QED) is 0.0689. The van der Waals surface area contributed by atoms with Crippen LogP contribution in [0.4, 0.5) is 0 Å². The Morgan fingerprint density at radius 3 is 1.09 bits per heavy atom. The number of aliphatic hydroxyl groups excluding tert-OH is 16. The summed E-state index contributed by atoms with van der Waals surface area (Å²) in [6, 6.07) is 0. The molecule has 1 saturated heterocycles. The third kappa shape index (κ3) is 17.0. The highest BCUT2D eigenvalue weighted by Crippen LogP contribution is 2.27. The van der Waals surface area contributed by atoms with E-state index in [0.29, 0.717) is 0 Å². The van der Waals surface area contributed by atoms with Crippen LogP contribution in [0.1, 0.15) is 62.3 Å². The lowest BCUT2D eigenvalue weighted by Gasteiger charge is -2.42. The average molecular weight is 811 g/mol. The van der Waals surface area contributed by atoms with E-state index in [-0.39, 0.29) is 0 Å². The van der Waals surface area contributed by atoms with Crippen molar-refractivity contribution in [1.29, 1.82) is 0 Å². The lowest BCUT2D eigenvalue weighted by molar-refractivity contribution is -0.326. The van der Waals surface area contributed by atoms with Crippen LogP contribution in [-0.2, 0) is 23.9 Å². The second-order valence-corrected chi connectivity index (χ2v) is 16.2. The van der Waals surface area contributed by atoms with Crippen LogP contribution in [0, 0.1) is 16.2 Å². The SMILES string of the molecule is CC(C)(C)C(=O)[C@@H](O)[C@H](O)[C@H](O)CO.CC(C)(C)C(=O)[C@H](O)[C@@H](O)[C@H](O)CO.CC(C)(C)C(=O)[C@H](O)[C@@H](O)[C@H](O[C@@H]1O[C@H](CO)[C@H](O)[C@H](O)[C@H]1O)[C@H](O)CO. The Bertz CT molecular complexity index is 1090.